The van der Waals surface area contributed by atoms with Gasteiger partial charge in [0.15, 0.2) is 17.5 Å². The molecule has 142 valence electrons. The van der Waals surface area contributed by atoms with E-state index in [4.69, 9.17) is 14.2 Å². The standard InChI is InChI=1S/C18H26N4O3S/c1-11-16(26-12(2)22-11)10-21-18(19-3)20-9-13-7-14(23-4)17(25-6)15(8-13)24-5/h7-8H,9-10H2,1-6H3,(H2,19,20,21). The van der Waals surface area contributed by atoms with Gasteiger partial charge in [-0.15, -0.1) is 11.3 Å². The molecule has 0 radical (unpaired) electrons. The van der Waals surface area contributed by atoms with Crippen LogP contribution in [0.5, 0.6) is 17.2 Å². The van der Waals surface area contributed by atoms with E-state index in [1.54, 1.807) is 39.7 Å². The van der Waals surface area contributed by atoms with Crippen molar-refractivity contribution in [1.82, 2.24) is 15.6 Å². The maximum Gasteiger partial charge on any atom is 0.203 e. The van der Waals surface area contributed by atoms with E-state index in [0.717, 1.165) is 16.3 Å². The number of thiazole rings is 1. The molecule has 1 heterocycles. The highest BCUT2D eigenvalue weighted by molar-refractivity contribution is 7.11. The van der Waals surface area contributed by atoms with E-state index in [9.17, 15) is 0 Å². The summed E-state index contributed by atoms with van der Waals surface area (Å²) in [6.45, 7) is 5.29. The Labute approximate surface area is 158 Å². The van der Waals surface area contributed by atoms with Crippen LogP contribution < -0.4 is 24.8 Å². The number of hydrogen-bond acceptors (Lipinski definition) is 6. The van der Waals surface area contributed by atoms with Gasteiger partial charge in [0.1, 0.15) is 0 Å². The highest BCUT2D eigenvalue weighted by atomic mass is 32.1. The fraction of sp³-hybridized carbons (Fsp3) is 0.444. The third-order valence-corrected chi connectivity index (χ3v) is 4.90. The molecule has 7 nitrogen and oxygen atoms in total. The van der Waals surface area contributed by atoms with Crippen molar-refractivity contribution < 1.29 is 14.2 Å². The molecule has 0 aliphatic carbocycles. The molecule has 0 aliphatic rings. The number of rotatable bonds is 7. The number of nitrogens with zero attached hydrogens (tertiary/aromatic N) is 2. The Morgan fingerprint density at radius 2 is 1.65 bits per heavy atom. The van der Waals surface area contributed by atoms with Crippen LogP contribution in [-0.4, -0.2) is 39.3 Å². The molecule has 0 saturated carbocycles. The topological polar surface area (TPSA) is 77.0 Å². The zero-order valence-corrected chi connectivity index (χ0v) is 16.9. The molecule has 26 heavy (non-hydrogen) atoms. The van der Waals surface area contributed by atoms with Crippen molar-refractivity contribution in [2.75, 3.05) is 28.4 Å². The van der Waals surface area contributed by atoms with Gasteiger partial charge in [0, 0.05) is 18.5 Å². The van der Waals surface area contributed by atoms with E-state index < -0.39 is 0 Å². The summed E-state index contributed by atoms with van der Waals surface area (Å²) in [7, 11) is 6.55. The van der Waals surface area contributed by atoms with Gasteiger partial charge in [-0.05, 0) is 31.5 Å². The van der Waals surface area contributed by atoms with Gasteiger partial charge < -0.3 is 24.8 Å². The van der Waals surface area contributed by atoms with E-state index in [2.05, 4.69) is 20.6 Å². The normalized spacial score (nSPS) is 11.2. The van der Waals surface area contributed by atoms with Crippen molar-refractivity contribution in [3.63, 3.8) is 0 Å². The van der Waals surface area contributed by atoms with Gasteiger partial charge >= 0.3 is 0 Å². The smallest absolute Gasteiger partial charge is 0.203 e. The van der Waals surface area contributed by atoms with Crippen LogP contribution in [-0.2, 0) is 13.1 Å². The van der Waals surface area contributed by atoms with Gasteiger partial charge in [-0.3, -0.25) is 4.99 Å². The zero-order chi connectivity index (χ0) is 19.1. The lowest BCUT2D eigenvalue weighted by atomic mass is 10.2. The van der Waals surface area contributed by atoms with Crippen molar-refractivity contribution in [3.05, 3.63) is 33.3 Å². The Balaban J connectivity index is 2.03. The molecule has 0 bridgehead atoms. The quantitative estimate of drug-likeness (QED) is 0.570. The van der Waals surface area contributed by atoms with Crippen LogP contribution in [0.4, 0.5) is 0 Å². The van der Waals surface area contributed by atoms with Crippen molar-refractivity contribution in [3.8, 4) is 17.2 Å². The van der Waals surface area contributed by atoms with Crippen LogP contribution in [0.3, 0.4) is 0 Å². The second-order valence-electron chi connectivity index (χ2n) is 5.55. The molecule has 2 rings (SSSR count). The molecule has 0 unspecified atom stereocenters. The fourth-order valence-corrected chi connectivity index (χ4v) is 3.42. The Morgan fingerprint density at radius 1 is 1.04 bits per heavy atom. The molecule has 0 saturated heterocycles. The number of aliphatic imine (C=N–C) groups is 1. The summed E-state index contributed by atoms with van der Waals surface area (Å²) in [5.74, 6) is 2.55. The maximum atomic E-state index is 5.39. The van der Waals surface area contributed by atoms with Crippen molar-refractivity contribution in [2.45, 2.75) is 26.9 Å². The minimum absolute atomic E-state index is 0.567. The van der Waals surface area contributed by atoms with Crippen molar-refractivity contribution in [2.24, 2.45) is 4.99 Å². The van der Waals surface area contributed by atoms with Crippen LogP contribution >= 0.6 is 11.3 Å². The minimum atomic E-state index is 0.567. The Kier molecular flexibility index (Phi) is 7.08. The van der Waals surface area contributed by atoms with Gasteiger partial charge in [0.25, 0.3) is 0 Å². The maximum absolute atomic E-state index is 5.39. The molecular weight excluding hydrogens is 352 g/mol. The Bertz CT molecular complexity index is 749. The summed E-state index contributed by atoms with van der Waals surface area (Å²) in [5.41, 5.74) is 2.05. The molecule has 0 amide bonds. The summed E-state index contributed by atoms with van der Waals surface area (Å²) in [5, 5.41) is 7.67. The van der Waals surface area contributed by atoms with Crippen LogP contribution in [0.25, 0.3) is 0 Å². The number of methoxy groups -OCH3 is 3. The third kappa shape index (κ3) is 4.78. The molecule has 0 fully saturated rings. The van der Waals surface area contributed by atoms with E-state index in [1.165, 1.54) is 4.88 Å². The number of aryl methyl sites for hydroxylation is 2. The first-order valence-electron chi connectivity index (χ1n) is 8.18. The molecule has 8 heteroatoms. The third-order valence-electron chi connectivity index (χ3n) is 3.82. The van der Waals surface area contributed by atoms with Crippen LogP contribution in [0.1, 0.15) is 21.1 Å². The van der Waals surface area contributed by atoms with Gasteiger partial charge in [0.2, 0.25) is 5.75 Å². The van der Waals surface area contributed by atoms with Gasteiger partial charge in [-0.25, -0.2) is 4.98 Å². The summed E-state index contributed by atoms with van der Waals surface area (Å²) >= 11 is 1.69. The molecule has 1 aromatic heterocycles. The second kappa shape index (κ2) is 9.28. The van der Waals surface area contributed by atoms with Crippen LogP contribution in [0, 0.1) is 13.8 Å². The zero-order valence-electron chi connectivity index (χ0n) is 16.1. The van der Waals surface area contributed by atoms with Crippen LogP contribution in [0.15, 0.2) is 17.1 Å². The first-order valence-corrected chi connectivity index (χ1v) is 9.00. The van der Waals surface area contributed by atoms with E-state index >= 15 is 0 Å². The minimum Gasteiger partial charge on any atom is -0.493 e. The molecule has 1 aromatic carbocycles. The van der Waals surface area contributed by atoms with Gasteiger partial charge in [0.05, 0.1) is 38.6 Å². The highest BCUT2D eigenvalue weighted by Gasteiger charge is 2.13. The number of hydrogen-bond donors (Lipinski definition) is 2. The van der Waals surface area contributed by atoms with E-state index in [1.807, 2.05) is 26.0 Å². The summed E-state index contributed by atoms with van der Waals surface area (Å²) in [6, 6.07) is 3.83. The van der Waals surface area contributed by atoms with E-state index in [0.29, 0.717) is 36.3 Å². The summed E-state index contributed by atoms with van der Waals surface area (Å²) in [6.07, 6.45) is 0. The second-order valence-corrected chi connectivity index (χ2v) is 6.84. The first kappa shape index (κ1) is 19.8. The van der Waals surface area contributed by atoms with E-state index in [-0.39, 0.29) is 0 Å². The van der Waals surface area contributed by atoms with Gasteiger partial charge in [-0.1, -0.05) is 0 Å². The number of guanidine groups is 1. The predicted molar refractivity (Wildman–Crippen MR) is 105 cm³/mol. The predicted octanol–water partition coefficient (Wildman–Crippen LogP) is 2.65. The average molecular weight is 378 g/mol. The molecule has 0 spiro atoms. The molecular formula is C18H26N4O3S. The highest BCUT2D eigenvalue weighted by Crippen LogP contribution is 2.38. The number of benzene rings is 1. The Morgan fingerprint density at radius 3 is 2.12 bits per heavy atom. The summed E-state index contributed by atoms with van der Waals surface area (Å²) in [4.78, 5) is 9.91. The number of ether oxygens (including phenoxy) is 3. The largest absolute Gasteiger partial charge is 0.493 e. The first-order chi connectivity index (χ1) is 12.5. The average Bonchev–Trinajstić information content (AvgIpc) is 2.97. The Hall–Kier alpha value is -2.48. The molecule has 2 aromatic rings. The lowest BCUT2D eigenvalue weighted by Crippen LogP contribution is -2.36. The SMILES string of the molecule is CN=C(NCc1cc(OC)c(OC)c(OC)c1)NCc1sc(C)nc1C. The fourth-order valence-electron chi connectivity index (χ4n) is 2.55. The van der Waals surface area contributed by atoms with Gasteiger partial charge in [-0.2, -0.15) is 0 Å². The van der Waals surface area contributed by atoms with Crippen LogP contribution in [0.2, 0.25) is 0 Å². The number of aromatic nitrogens is 1. The molecule has 0 atom stereocenters. The monoisotopic (exact) mass is 378 g/mol. The van der Waals surface area contributed by atoms with Crippen molar-refractivity contribution >= 4 is 17.3 Å². The number of nitrogens with one attached hydrogen (secondary N) is 2. The molecule has 0 aliphatic heterocycles. The van der Waals surface area contributed by atoms with Crippen molar-refractivity contribution in [1.29, 1.82) is 0 Å². The lowest BCUT2D eigenvalue weighted by Gasteiger charge is -2.15. The lowest BCUT2D eigenvalue weighted by molar-refractivity contribution is 0.323. The molecule has 2 N–H and O–H groups in total. The summed E-state index contributed by atoms with van der Waals surface area (Å²) < 4.78 is 16.1.